The molecule has 1 aliphatic carbocycles. The van der Waals surface area contributed by atoms with Crippen molar-refractivity contribution in [2.45, 2.75) is 76.4 Å². The molecule has 1 N–H and O–H groups in total. The molecule has 3 fully saturated rings. The highest BCUT2D eigenvalue weighted by atomic mass is 16.5. The molecule has 0 aromatic rings. The number of nitrogens with one attached hydrogen (secondary N) is 1. The van der Waals surface area contributed by atoms with Crippen molar-refractivity contribution in [1.29, 1.82) is 0 Å². The van der Waals surface area contributed by atoms with Crippen molar-refractivity contribution in [3.05, 3.63) is 0 Å². The van der Waals surface area contributed by atoms with Crippen LogP contribution < -0.4 is 5.32 Å². The first-order chi connectivity index (χ1) is 11.2. The highest BCUT2D eigenvalue weighted by Crippen LogP contribution is 2.23. The molecule has 2 saturated heterocycles. The van der Waals surface area contributed by atoms with E-state index in [1.165, 1.54) is 25.7 Å². The minimum atomic E-state index is -0.230. The SMILES string of the molecule is O=C(NC1CCCCCC1)C1CCN(C(=O)C2CCCO2)CC1. The van der Waals surface area contributed by atoms with Crippen LogP contribution in [0.5, 0.6) is 0 Å². The van der Waals surface area contributed by atoms with Gasteiger partial charge in [0.05, 0.1) is 0 Å². The van der Waals surface area contributed by atoms with Crippen LogP contribution in [0.4, 0.5) is 0 Å². The third-order valence-electron chi connectivity index (χ3n) is 5.58. The van der Waals surface area contributed by atoms with Gasteiger partial charge >= 0.3 is 0 Å². The average molecular weight is 322 g/mol. The molecule has 2 aliphatic heterocycles. The summed E-state index contributed by atoms with van der Waals surface area (Å²) in [5.41, 5.74) is 0. The molecule has 23 heavy (non-hydrogen) atoms. The van der Waals surface area contributed by atoms with E-state index >= 15 is 0 Å². The highest BCUT2D eigenvalue weighted by Gasteiger charge is 2.33. The maximum Gasteiger partial charge on any atom is 0.251 e. The zero-order valence-electron chi connectivity index (χ0n) is 14.1. The quantitative estimate of drug-likeness (QED) is 0.811. The molecule has 1 atom stereocenters. The van der Waals surface area contributed by atoms with E-state index in [0.717, 1.165) is 38.5 Å². The summed E-state index contributed by atoms with van der Waals surface area (Å²) in [7, 11) is 0. The van der Waals surface area contributed by atoms with Crippen LogP contribution in [0, 0.1) is 5.92 Å². The van der Waals surface area contributed by atoms with Crippen molar-refractivity contribution in [2.75, 3.05) is 19.7 Å². The van der Waals surface area contributed by atoms with Crippen LogP contribution in [-0.2, 0) is 14.3 Å². The molecule has 2 heterocycles. The Kier molecular flexibility index (Phi) is 5.92. The smallest absolute Gasteiger partial charge is 0.251 e. The van der Waals surface area contributed by atoms with E-state index < -0.39 is 0 Å². The summed E-state index contributed by atoms with van der Waals surface area (Å²) in [6, 6.07) is 0.372. The van der Waals surface area contributed by atoms with Gasteiger partial charge in [0.25, 0.3) is 5.91 Å². The van der Waals surface area contributed by atoms with E-state index in [-0.39, 0.29) is 23.8 Å². The molecule has 5 nitrogen and oxygen atoms in total. The Morgan fingerprint density at radius 2 is 1.57 bits per heavy atom. The van der Waals surface area contributed by atoms with E-state index in [1.54, 1.807) is 0 Å². The number of rotatable bonds is 3. The number of hydrogen-bond acceptors (Lipinski definition) is 3. The second-order valence-corrected chi connectivity index (χ2v) is 7.30. The lowest BCUT2D eigenvalue weighted by Gasteiger charge is -2.33. The van der Waals surface area contributed by atoms with Gasteiger partial charge in [-0.3, -0.25) is 9.59 Å². The molecule has 0 aromatic carbocycles. The second-order valence-electron chi connectivity index (χ2n) is 7.30. The average Bonchev–Trinajstić information content (AvgIpc) is 3.00. The topological polar surface area (TPSA) is 58.6 Å². The van der Waals surface area contributed by atoms with Gasteiger partial charge in [-0.1, -0.05) is 25.7 Å². The Labute approximate surface area is 139 Å². The Morgan fingerprint density at radius 3 is 2.17 bits per heavy atom. The predicted octanol–water partition coefficient (Wildman–Crippen LogP) is 2.24. The molecule has 0 bridgehead atoms. The summed E-state index contributed by atoms with van der Waals surface area (Å²) >= 11 is 0. The fourth-order valence-electron chi connectivity index (χ4n) is 4.08. The monoisotopic (exact) mass is 322 g/mol. The van der Waals surface area contributed by atoms with Crippen LogP contribution >= 0.6 is 0 Å². The fraction of sp³-hybridized carbons (Fsp3) is 0.889. The number of hydrogen-bond donors (Lipinski definition) is 1. The lowest BCUT2D eigenvalue weighted by molar-refractivity contribution is -0.143. The van der Waals surface area contributed by atoms with Gasteiger partial charge in [0, 0.05) is 31.7 Å². The van der Waals surface area contributed by atoms with Crippen molar-refractivity contribution in [1.82, 2.24) is 10.2 Å². The largest absolute Gasteiger partial charge is 0.368 e. The predicted molar refractivity (Wildman–Crippen MR) is 87.9 cm³/mol. The van der Waals surface area contributed by atoms with Crippen LogP contribution in [0.1, 0.15) is 64.2 Å². The number of carbonyl (C=O) groups excluding carboxylic acids is 2. The summed E-state index contributed by atoms with van der Waals surface area (Å²) in [4.78, 5) is 26.7. The molecule has 3 rings (SSSR count). The van der Waals surface area contributed by atoms with Gasteiger partial charge in [-0.15, -0.1) is 0 Å². The van der Waals surface area contributed by atoms with E-state index in [9.17, 15) is 9.59 Å². The lowest BCUT2D eigenvalue weighted by Crippen LogP contribution is -2.47. The molecule has 0 spiro atoms. The number of carbonyl (C=O) groups is 2. The first-order valence-corrected chi connectivity index (χ1v) is 9.45. The number of amides is 2. The van der Waals surface area contributed by atoms with Gasteiger partial charge in [0.1, 0.15) is 6.10 Å². The molecule has 1 saturated carbocycles. The van der Waals surface area contributed by atoms with Gasteiger partial charge < -0.3 is 15.0 Å². The Morgan fingerprint density at radius 1 is 0.870 bits per heavy atom. The van der Waals surface area contributed by atoms with Crippen molar-refractivity contribution in [3.8, 4) is 0 Å². The van der Waals surface area contributed by atoms with Crippen LogP contribution in [0.3, 0.4) is 0 Å². The summed E-state index contributed by atoms with van der Waals surface area (Å²) in [6.07, 6.45) is 10.5. The maximum absolute atomic E-state index is 12.5. The van der Waals surface area contributed by atoms with Crippen molar-refractivity contribution in [3.63, 3.8) is 0 Å². The van der Waals surface area contributed by atoms with Crippen LogP contribution in [-0.4, -0.2) is 48.6 Å². The first-order valence-electron chi connectivity index (χ1n) is 9.45. The van der Waals surface area contributed by atoms with Crippen molar-refractivity contribution >= 4 is 11.8 Å². The molecule has 2 amide bonds. The number of ether oxygens (including phenoxy) is 1. The molecular formula is C18H30N2O3. The standard InChI is InChI=1S/C18H30N2O3/c21-17(19-15-6-3-1-2-4-7-15)14-9-11-20(12-10-14)18(22)16-8-5-13-23-16/h14-16H,1-13H2,(H,19,21). The first kappa shape index (κ1) is 16.7. The zero-order valence-corrected chi connectivity index (χ0v) is 14.1. The summed E-state index contributed by atoms with van der Waals surface area (Å²) < 4.78 is 5.48. The molecule has 130 valence electrons. The van der Waals surface area contributed by atoms with Crippen LogP contribution in [0.2, 0.25) is 0 Å². The summed E-state index contributed by atoms with van der Waals surface area (Å²) in [6.45, 7) is 2.10. The van der Waals surface area contributed by atoms with Gasteiger partial charge in [0.15, 0.2) is 0 Å². The zero-order chi connectivity index (χ0) is 16.1. The molecular weight excluding hydrogens is 292 g/mol. The van der Waals surface area contributed by atoms with E-state index in [4.69, 9.17) is 4.74 Å². The highest BCUT2D eigenvalue weighted by molar-refractivity contribution is 5.82. The molecule has 1 unspecified atom stereocenters. The van der Waals surface area contributed by atoms with Crippen LogP contribution in [0.25, 0.3) is 0 Å². The molecule has 0 aromatic heterocycles. The minimum absolute atomic E-state index is 0.0757. The number of likely N-dealkylation sites (tertiary alicyclic amines) is 1. The second kappa shape index (κ2) is 8.13. The van der Waals surface area contributed by atoms with Gasteiger partial charge in [0.2, 0.25) is 5.91 Å². The van der Waals surface area contributed by atoms with Gasteiger partial charge in [-0.25, -0.2) is 0 Å². The van der Waals surface area contributed by atoms with Crippen LogP contribution in [0.15, 0.2) is 0 Å². The van der Waals surface area contributed by atoms with E-state index in [0.29, 0.717) is 25.7 Å². The van der Waals surface area contributed by atoms with Gasteiger partial charge in [-0.2, -0.15) is 0 Å². The lowest BCUT2D eigenvalue weighted by atomic mass is 9.94. The maximum atomic E-state index is 12.5. The van der Waals surface area contributed by atoms with E-state index in [2.05, 4.69) is 5.32 Å². The third-order valence-corrected chi connectivity index (χ3v) is 5.58. The molecule has 3 aliphatic rings. The van der Waals surface area contributed by atoms with Gasteiger partial charge in [-0.05, 0) is 38.5 Å². The van der Waals surface area contributed by atoms with Crippen molar-refractivity contribution in [2.24, 2.45) is 5.92 Å². The molecule has 0 radical (unpaired) electrons. The van der Waals surface area contributed by atoms with E-state index in [1.807, 2.05) is 4.90 Å². The third kappa shape index (κ3) is 4.46. The summed E-state index contributed by atoms with van der Waals surface area (Å²) in [5.74, 6) is 0.415. The Bertz CT molecular complexity index is 404. The normalized spacial score (nSPS) is 27.7. The summed E-state index contributed by atoms with van der Waals surface area (Å²) in [5, 5.41) is 3.26. The minimum Gasteiger partial charge on any atom is -0.368 e. The number of nitrogens with zero attached hydrogens (tertiary/aromatic N) is 1. The van der Waals surface area contributed by atoms with Crippen molar-refractivity contribution < 1.29 is 14.3 Å². The fourth-order valence-corrected chi connectivity index (χ4v) is 4.08. The molecule has 5 heteroatoms. The number of piperidine rings is 1. The Hall–Kier alpha value is -1.10. The Balaban J connectivity index is 1.42.